The molecule has 6 heteroatoms. The smallest absolute Gasteiger partial charge is 0.267 e. The number of carbonyl (C=O) groups excluding carboxylic acids is 1. The van der Waals surface area contributed by atoms with Crippen molar-refractivity contribution in [2.75, 3.05) is 11.5 Å². The van der Waals surface area contributed by atoms with Crippen LogP contribution in [0.25, 0.3) is 0 Å². The van der Waals surface area contributed by atoms with Crippen LogP contribution < -0.4 is 5.73 Å². The van der Waals surface area contributed by atoms with Gasteiger partial charge in [0.15, 0.2) is 0 Å². The second kappa shape index (κ2) is 5.01. The molecule has 0 aliphatic heterocycles. The van der Waals surface area contributed by atoms with Gasteiger partial charge in [-0.15, -0.1) is 22.0 Å². The van der Waals surface area contributed by atoms with Crippen LogP contribution in [0.4, 0.5) is 5.95 Å². The number of rotatable bonds is 3. The van der Waals surface area contributed by atoms with E-state index in [1.807, 2.05) is 25.1 Å². The summed E-state index contributed by atoms with van der Waals surface area (Å²) in [6.45, 7) is 2.04. The fourth-order valence-corrected chi connectivity index (χ4v) is 2.25. The molecular weight excluding hydrogens is 236 g/mol. The molecule has 1 aromatic carbocycles. The standard InChI is InChI=1S/C11H12N4OS/c1-2-17-9-6-4-3-5-8(9)10(16)15-7-13-14-11(15)12/h3-7H,2H2,1H3,(H2,12,14). The molecule has 0 atom stereocenters. The van der Waals surface area contributed by atoms with E-state index in [1.54, 1.807) is 17.8 Å². The molecule has 0 aliphatic rings. The topological polar surface area (TPSA) is 73.8 Å². The average molecular weight is 248 g/mol. The maximum absolute atomic E-state index is 12.2. The fraction of sp³-hybridized carbons (Fsp3) is 0.182. The first-order valence-corrected chi connectivity index (χ1v) is 6.14. The summed E-state index contributed by atoms with van der Waals surface area (Å²) < 4.78 is 1.25. The number of hydrogen-bond acceptors (Lipinski definition) is 5. The summed E-state index contributed by atoms with van der Waals surface area (Å²) in [6.07, 6.45) is 1.32. The van der Waals surface area contributed by atoms with Crippen molar-refractivity contribution in [3.8, 4) is 0 Å². The molecule has 5 nitrogen and oxygen atoms in total. The highest BCUT2D eigenvalue weighted by atomic mass is 32.2. The van der Waals surface area contributed by atoms with E-state index >= 15 is 0 Å². The van der Waals surface area contributed by atoms with E-state index in [9.17, 15) is 4.79 Å². The summed E-state index contributed by atoms with van der Waals surface area (Å²) in [4.78, 5) is 13.2. The lowest BCUT2D eigenvalue weighted by atomic mass is 10.2. The Balaban J connectivity index is 2.40. The van der Waals surface area contributed by atoms with E-state index in [2.05, 4.69) is 10.2 Å². The van der Waals surface area contributed by atoms with Crippen molar-refractivity contribution in [2.24, 2.45) is 0 Å². The predicted molar refractivity (Wildman–Crippen MR) is 67.0 cm³/mol. The van der Waals surface area contributed by atoms with E-state index < -0.39 is 0 Å². The summed E-state index contributed by atoms with van der Waals surface area (Å²) in [5.74, 6) is 0.803. The van der Waals surface area contributed by atoms with Crippen molar-refractivity contribution in [1.82, 2.24) is 14.8 Å². The van der Waals surface area contributed by atoms with Crippen LogP contribution in [0.3, 0.4) is 0 Å². The molecule has 17 heavy (non-hydrogen) atoms. The molecule has 88 valence electrons. The molecular formula is C11H12N4OS. The highest BCUT2D eigenvalue weighted by Gasteiger charge is 2.15. The number of aromatic nitrogens is 3. The first-order valence-electron chi connectivity index (χ1n) is 5.16. The zero-order valence-electron chi connectivity index (χ0n) is 9.33. The molecule has 0 amide bonds. The Bertz CT molecular complexity index is 538. The van der Waals surface area contributed by atoms with Gasteiger partial charge in [0.1, 0.15) is 6.33 Å². The predicted octanol–water partition coefficient (Wildman–Crippen LogP) is 1.66. The van der Waals surface area contributed by atoms with E-state index in [1.165, 1.54) is 10.9 Å². The minimum absolute atomic E-state index is 0.103. The highest BCUT2D eigenvalue weighted by molar-refractivity contribution is 7.99. The number of carbonyl (C=O) groups is 1. The first-order chi connectivity index (χ1) is 8.24. The second-order valence-corrected chi connectivity index (χ2v) is 4.60. The van der Waals surface area contributed by atoms with E-state index in [0.29, 0.717) is 5.56 Å². The minimum atomic E-state index is -0.205. The zero-order valence-corrected chi connectivity index (χ0v) is 10.1. The molecule has 1 aromatic heterocycles. The third-order valence-electron chi connectivity index (χ3n) is 2.21. The lowest BCUT2D eigenvalue weighted by Gasteiger charge is -2.07. The molecule has 0 radical (unpaired) electrons. The molecule has 1 heterocycles. The van der Waals surface area contributed by atoms with Gasteiger partial charge in [-0.2, -0.15) is 0 Å². The summed E-state index contributed by atoms with van der Waals surface area (Å²) in [5.41, 5.74) is 6.18. The largest absolute Gasteiger partial charge is 0.368 e. The van der Waals surface area contributed by atoms with Crippen LogP contribution >= 0.6 is 11.8 Å². The molecule has 2 N–H and O–H groups in total. The number of thioether (sulfide) groups is 1. The van der Waals surface area contributed by atoms with Gasteiger partial charge >= 0.3 is 0 Å². The Hall–Kier alpha value is -1.82. The summed E-state index contributed by atoms with van der Waals surface area (Å²) in [5, 5.41) is 7.21. The first kappa shape index (κ1) is 11.7. The quantitative estimate of drug-likeness (QED) is 0.836. The highest BCUT2D eigenvalue weighted by Crippen LogP contribution is 2.23. The normalized spacial score (nSPS) is 10.4. The maximum Gasteiger partial charge on any atom is 0.267 e. The van der Waals surface area contributed by atoms with Crippen LogP contribution in [-0.2, 0) is 0 Å². The average Bonchev–Trinajstić information content (AvgIpc) is 2.76. The van der Waals surface area contributed by atoms with Gasteiger partial charge in [0, 0.05) is 4.90 Å². The van der Waals surface area contributed by atoms with Gasteiger partial charge in [-0.3, -0.25) is 4.79 Å². The van der Waals surface area contributed by atoms with E-state index in [4.69, 9.17) is 5.73 Å². The van der Waals surface area contributed by atoms with Crippen molar-refractivity contribution in [2.45, 2.75) is 11.8 Å². The molecule has 2 aromatic rings. The molecule has 2 rings (SSSR count). The molecule has 0 bridgehead atoms. The van der Waals surface area contributed by atoms with Gasteiger partial charge in [-0.1, -0.05) is 19.1 Å². The number of anilines is 1. The Morgan fingerprint density at radius 3 is 2.88 bits per heavy atom. The number of nitrogens with two attached hydrogens (primary N) is 1. The van der Waals surface area contributed by atoms with Crippen LogP contribution in [-0.4, -0.2) is 26.4 Å². The van der Waals surface area contributed by atoms with Gasteiger partial charge in [0.25, 0.3) is 5.91 Å². The third-order valence-corrected chi connectivity index (χ3v) is 3.17. The third kappa shape index (κ3) is 2.31. The Labute approximate surface area is 103 Å². The van der Waals surface area contributed by atoms with Gasteiger partial charge in [0.05, 0.1) is 5.56 Å². The Kier molecular flexibility index (Phi) is 3.43. The Morgan fingerprint density at radius 2 is 2.24 bits per heavy atom. The molecule has 0 saturated heterocycles. The van der Waals surface area contributed by atoms with Crippen molar-refractivity contribution < 1.29 is 4.79 Å². The van der Waals surface area contributed by atoms with Crippen LogP contribution in [0.5, 0.6) is 0 Å². The monoisotopic (exact) mass is 248 g/mol. The number of nitrogen functional groups attached to an aromatic ring is 1. The second-order valence-electron chi connectivity index (χ2n) is 3.29. The SMILES string of the molecule is CCSc1ccccc1C(=O)n1cnnc1N. The van der Waals surface area contributed by atoms with Crippen LogP contribution in [0.2, 0.25) is 0 Å². The summed E-state index contributed by atoms with van der Waals surface area (Å²) in [6, 6.07) is 7.43. The lowest BCUT2D eigenvalue weighted by Crippen LogP contribution is -2.14. The van der Waals surface area contributed by atoms with Crippen LogP contribution in [0, 0.1) is 0 Å². The molecule has 0 unspecified atom stereocenters. The summed E-state index contributed by atoms with van der Waals surface area (Å²) in [7, 11) is 0. The van der Waals surface area contributed by atoms with Gasteiger partial charge < -0.3 is 5.73 Å². The van der Waals surface area contributed by atoms with Gasteiger partial charge in [-0.25, -0.2) is 4.57 Å². The lowest BCUT2D eigenvalue weighted by molar-refractivity contribution is 0.0959. The molecule has 0 fully saturated rings. The van der Waals surface area contributed by atoms with E-state index in [0.717, 1.165) is 10.6 Å². The fourth-order valence-electron chi connectivity index (χ4n) is 1.45. The number of hydrogen-bond donors (Lipinski definition) is 1. The maximum atomic E-state index is 12.2. The molecule has 0 spiro atoms. The minimum Gasteiger partial charge on any atom is -0.368 e. The van der Waals surface area contributed by atoms with Crippen molar-refractivity contribution in [1.29, 1.82) is 0 Å². The molecule has 0 aliphatic carbocycles. The molecule has 0 saturated carbocycles. The van der Waals surface area contributed by atoms with Crippen molar-refractivity contribution in [3.63, 3.8) is 0 Å². The number of nitrogens with zero attached hydrogens (tertiary/aromatic N) is 3. The number of benzene rings is 1. The van der Waals surface area contributed by atoms with Crippen LogP contribution in [0.1, 0.15) is 17.3 Å². The van der Waals surface area contributed by atoms with Crippen molar-refractivity contribution >= 4 is 23.6 Å². The summed E-state index contributed by atoms with van der Waals surface area (Å²) >= 11 is 1.62. The Morgan fingerprint density at radius 1 is 1.47 bits per heavy atom. The van der Waals surface area contributed by atoms with Crippen LogP contribution in [0.15, 0.2) is 35.5 Å². The van der Waals surface area contributed by atoms with Crippen molar-refractivity contribution in [3.05, 3.63) is 36.2 Å². The van der Waals surface area contributed by atoms with Gasteiger partial charge in [0.2, 0.25) is 5.95 Å². The van der Waals surface area contributed by atoms with Gasteiger partial charge in [-0.05, 0) is 17.9 Å². The zero-order chi connectivity index (χ0) is 12.3. The van der Waals surface area contributed by atoms with E-state index in [-0.39, 0.29) is 11.9 Å².